The molecule has 5 aromatic rings. The SMILES string of the molecule is CCCCCCc1cn2c(O)c(C)nc2c(-c2nc(CCCCCC)cn3c(O)c(-c4ccccc4)nc23)n1. The molecule has 0 amide bonds. The van der Waals surface area contributed by atoms with E-state index in [4.69, 9.17) is 15.0 Å². The number of aryl methyl sites for hydroxylation is 3. The van der Waals surface area contributed by atoms with Gasteiger partial charge in [0, 0.05) is 18.0 Å². The highest BCUT2D eigenvalue weighted by Crippen LogP contribution is 2.35. The summed E-state index contributed by atoms with van der Waals surface area (Å²) in [5, 5.41) is 22.1. The molecule has 204 valence electrons. The van der Waals surface area contributed by atoms with Gasteiger partial charge in [0.05, 0.1) is 11.4 Å². The van der Waals surface area contributed by atoms with E-state index in [9.17, 15) is 10.2 Å². The Bertz CT molecular complexity index is 1570. The first-order chi connectivity index (χ1) is 19.0. The zero-order chi connectivity index (χ0) is 27.4. The Morgan fingerprint density at radius 3 is 1.72 bits per heavy atom. The van der Waals surface area contributed by atoms with Gasteiger partial charge in [-0.2, -0.15) is 0 Å². The van der Waals surface area contributed by atoms with Crippen molar-refractivity contribution in [1.82, 2.24) is 28.7 Å². The summed E-state index contributed by atoms with van der Waals surface area (Å²) in [7, 11) is 0. The van der Waals surface area contributed by atoms with Crippen molar-refractivity contribution in [3.8, 4) is 34.4 Å². The Balaban J connectivity index is 1.70. The average Bonchev–Trinajstić information content (AvgIpc) is 3.44. The van der Waals surface area contributed by atoms with Crippen molar-refractivity contribution < 1.29 is 10.2 Å². The number of hydrogen-bond donors (Lipinski definition) is 2. The van der Waals surface area contributed by atoms with Gasteiger partial charge in [0.15, 0.2) is 11.3 Å². The van der Waals surface area contributed by atoms with Crippen LogP contribution in [0.5, 0.6) is 11.8 Å². The molecule has 0 saturated heterocycles. The van der Waals surface area contributed by atoms with Crippen LogP contribution in [0.4, 0.5) is 0 Å². The number of aromatic hydroxyl groups is 2. The molecule has 0 aliphatic rings. The topological polar surface area (TPSA) is 101 Å². The molecule has 8 nitrogen and oxygen atoms in total. The lowest BCUT2D eigenvalue weighted by molar-refractivity contribution is 0.443. The minimum Gasteiger partial charge on any atom is -0.493 e. The summed E-state index contributed by atoms with van der Waals surface area (Å²) >= 11 is 0. The molecule has 1 aromatic carbocycles. The largest absolute Gasteiger partial charge is 0.493 e. The van der Waals surface area contributed by atoms with E-state index in [-0.39, 0.29) is 11.8 Å². The maximum atomic E-state index is 11.3. The number of rotatable bonds is 12. The average molecular weight is 527 g/mol. The molecule has 2 N–H and O–H groups in total. The van der Waals surface area contributed by atoms with Gasteiger partial charge in [0.25, 0.3) is 0 Å². The number of hydrogen-bond acceptors (Lipinski definition) is 6. The maximum absolute atomic E-state index is 11.3. The molecule has 0 unspecified atom stereocenters. The standard InChI is InChI=1S/C31H38N6O2/c1-4-6-8-13-17-23-19-36-28(32-21(3)30(36)38)26(33-23)27-29-35-25(22-15-11-10-12-16-22)31(39)37(29)20-24(34-27)18-14-9-7-5-2/h10-12,15-16,19-20,38-39H,4-9,13-14,17-18H2,1-3H3. The zero-order valence-electron chi connectivity index (χ0n) is 23.2. The maximum Gasteiger partial charge on any atom is 0.224 e. The van der Waals surface area contributed by atoms with Gasteiger partial charge in [-0.1, -0.05) is 82.7 Å². The second-order valence-electron chi connectivity index (χ2n) is 10.3. The summed E-state index contributed by atoms with van der Waals surface area (Å²) < 4.78 is 3.43. The lowest BCUT2D eigenvalue weighted by Crippen LogP contribution is -2.05. The molecule has 8 heteroatoms. The number of benzene rings is 1. The molecule has 0 atom stereocenters. The van der Waals surface area contributed by atoms with E-state index in [1.54, 1.807) is 15.7 Å². The molecule has 4 heterocycles. The third-order valence-electron chi connectivity index (χ3n) is 7.27. The van der Waals surface area contributed by atoms with Crippen molar-refractivity contribution in [3.63, 3.8) is 0 Å². The molecule has 0 saturated carbocycles. The van der Waals surface area contributed by atoms with Gasteiger partial charge >= 0.3 is 0 Å². The third-order valence-corrected chi connectivity index (χ3v) is 7.27. The first kappa shape index (κ1) is 26.7. The summed E-state index contributed by atoms with van der Waals surface area (Å²) in [5.41, 5.74) is 5.76. The van der Waals surface area contributed by atoms with Crippen LogP contribution in [0.25, 0.3) is 33.9 Å². The smallest absolute Gasteiger partial charge is 0.224 e. The van der Waals surface area contributed by atoms with Gasteiger partial charge in [0.1, 0.15) is 22.8 Å². The van der Waals surface area contributed by atoms with Crippen LogP contribution in [0, 0.1) is 6.92 Å². The Labute approximate surface area is 229 Å². The predicted octanol–water partition coefficient (Wildman–Crippen LogP) is 7.07. The van der Waals surface area contributed by atoms with E-state index < -0.39 is 0 Å². The Hall–Kier alpha value is -3.94. The molecule has 0 radical (unpaired) electrons. The van der Waals surface area contributed by atoms with Gasteiger partial charge < -0.3 is 10.2 Å². The molecular formula is C31H38N6O2. The predicted molar refractivity (Wildman–Crippen MR) is 154 cm³/mol. The fraction of sp³-hybridized carbons (Fsp3) is 0.419. The molecule has 39 heavy (non-hydrogen) atoms. The summed E-state index contributed by atoms with van der Waals surface area (Å²) in [6, 6.07) is 9.67. The van der Waals surface area contributed by atoms with Crippen LogP contribution >= 0.6 is 0 Å². The fourth-order valence-electron chi connectivity index (χ4n) is 5.10. The summed E-state index contributed by atoms with van der Waals surface area (Å²) in [6.07, 6.45) is 14.3. The van der Waals surface area contributed by atoms with Crippen LogP contribution in [0.1, 0.15) is 82.3 Å². The molecule has 0 spiro atoms. The number of fused-ring (bicyclic) bond motifs is 2. The molecule has 0 aliphatic carbocycles. The first-order valence-corrected chi connectivity index (χ1v) is 14.3. The highest BCUT2D eigenvalue weighted by atomic mass is 16.3. The number of aromatic nitrogens is 6. The molecule has 0 aliphatic heterocycles. The van der Waals surface area contributed by atoms with Crippen LogP contribution in [0.3, 0.4) is 0 Å². The van der Waals surface area contributed by atoms with Gasteiger partial charge in [-0.3, -0.25) is 8.80 Å². The highest BCUT2D eigenvalue weighted by Gasteiger charge is 2.23. The molecule has 0 bridgehead atoms. The van der Waals surface area contributed by atoms with Crippen molar-refractivity contribution in [2.45, 2.75) is 85.0 Å². The second kappa shape index (κ2) is 11.8. The first-order valence-electron chi connectivity index (χ1n) is 14.3. The van der Waals surface area contributed by atoms with Gasteiger partial charge in [-0.15, -0.1) is 0 Å². The van der Waals surface area contributed by atoms with Gasteiger partial charge in [-0.25, -0.2) is 19.9 Å². The normalized spacial score (nSPS) is 11.7. The second-order valence-corrected chi connectivity index (χ2v) is 10.3. The van der Waals surface area contributed by atoms with E-state index in [0.29, 0.717) is 34.1 Å². The van der Waals surface area contributed by atoms with Crippen molar-refractivity contribution >= 4 is 11.3 Å². The summed E-state index contributed by atoms with van der Waals surface area (Å²) in [4.78, 5) is 19.6. The molecule has 0 fully saturated rings. The van der Waals surface area contributed by atoms with Crippen molar-refractivity contribution in [2.24, 2.45) is 0 Å². The van der Waals surface area contributed by atoms with Crippen molar-refractivity contribution in [2.75, 3.05) is 0 Å². The Morgan fingerprint density at radius 2 is 1.15 bits per heavy atom. The van der Waals surface area contributed by atoms with E-state index >= 15 is 0 Å². The lowest BCUT2D eigenvalue weighted by atomic mass is 10.1. The minimum absolute atomic E-state index is 0.0729. The monoisotopic (exact) mass is 526 g/mol. The van der Waals surface area contributed by atoms with Crippen LogP contribution in [-0.4, -0.2) is 39.0 Å². The Morgan fingerprint density at radius 1 is 0.615 bits per heavy atom. The van der Waals surface area contributed by atoms with Gasteiger partial charge in [-0.05, 0) is 32.6 Å². The Kier molecular flexibility index (Phi) is 8.10. The minimum atomic E-state index is 0.0729. The van der Waals surface area contributed by atoms with Crippen LogP contribution in [-0.2, 0) is 12.8 Å². The number of imidazole rings is 2. The molecule has 4 aromatic heterocycles. The fourth-order valence-corrected chi connectivity index (χ4v) is 5.10. The summed E-state index contributed by atoms with van der Waals surface area (Å²) in [6.45, 7) is 6.19. The summed E-state index contributed by atoms with van der Waals surface area (Å²) in [5.74, 6) is 0.176. The van der Waals surface area contributed by atoms with Crippen molar-refractivity contribution in [1.29, 1.82) is 0 Å². The number of nitrogens with zero attached hydrogens (tertiary/aromatic N) is 6. The third kappa shape index (κ3) is 5.46. The van der Waals surface area contributed by atoms with Crippen molar-refractivity contribution in [3.05, 3.63) is 59.8 Å². The highest BCUT2D eigenvalue weighted by molar-refractivity contribution is 5.84. The molecule has 5 rings (SSSR count). The van der Waals surface area contributed by atoms with E-state index in [1.165, 1.54) is 19.3 Å². The zero-order valence-corrected chi connectivity index (χ0v) is 23.2. The number of unbranched alkanes of at least 4 members (excludes halogenated alkanes) is 6. The molecular weight excluding hydrogens is 488 g/mol. The van der Waals surface area contributed by atoms with E-state index in [2.05, 4.69) is 18.8 Å². The lowest BCUT2D eigenvalue weighted by Gasteiger charge is -2.11. The van der Waals surface area contributed by atoms with Crippen LogP contribution in [0.15, 0.2) is 42.7 Å². The van der Waals surface area contributed by atoms with Crippen LogP contribution < -0.4 is 0 Å². The van der Waals surface area contributed by atoms with E-state index in [0.717, 1.165) is 61.9 Å². The quantitative estimate of drug-likeness (QED) is 0.169. The van der Waals surface area contributed by atoms with Gasteiger partial charge in [0.2, 0.25) is 11.8 Å². The van der Waals surface area contributed by atoms with E-state index in [1.807, 2.05) is 42.7 Å². The van der Waals surface area contributed by atoms with Crippen LogP contribution in [0.2, 0.25) is 0 Å².